The van der Waals surface area contributed by atoms with Crippen molar-refractivity contribution in [2.75, 3.05) is 32.0 Å². The topological polar surface area (TPSA) is 52.7 Å². The lowest BCUT2D eigenvalue weighted by molar-refractivity contribution is -0.137. The Morgan fingerprint density at radius 1 is 1.00 bits per heavy atom. The largest absolute Gasteiger partial charge is 0.342 e. The van der Waals surface area contributed by atoms with Crippen LogP contribution in [0.5, 0.6) is 0 Å². The van der Waals surface area contributed by atoms with Gasteiger partial charge in [-0.2, -0.15) is 0 Å². The highest BCUT2D eigenvalue weighted by Gasteiger charge is 2.29. The maximum absolute atomic E-state index is 13.0. The van der Waals surface area contributed by atoms with Crippen LogP contribution < -0.4 is 5.32 Å². The molecule has 0 aliphatic heterocycles. The highest BCUT2D eigenvalue weighted by molar-refractivity contribution is 5.93. The summed E-state index contributed by atoms with van der Waals surface area (Å²) in [5.74, 6) is -0.667. The molecule has 0 fully saturated rings. The van der Waals surface area contributed by atoms with Crippen molar-refractivity contribution < 1.29 is 14.0 Å². The van der Waals surface area contributed by atoms with Crippen LogP contribution in [0.1, 0.15) is 25.5 Å². The number of carbonyl (C=O) groups is 2. The number of amides is 2. The molecule has 2 amide bonds. The number of carbonyl (C=O) groups excluding carboxylic acids is 2. The first-order valence-corrected chi connectivity index (χ1v) is 9.05. The van der Waals surface area contributed by atoms with Gasteiger partial charge in [-0.25, -0.2) is 4.39 Å². The van der Waals surface area contributed by atoms with Crippen LogP contribution in [-0.2, 0) is 9.59 Å². The Morgan fingerprint density at radius 3 is 2.15 bits per heavy atom. The third-order valence-electron chi connectivity index (χ3n) is 4.39. The minimum absolute atomic E-state index is 0.0317. The summed E-state index contributed by atoms with van der Waals surface area (Å²) in [7, 11) is 1.75. The van der Waals surface area contributed by atoms with Crippen molar-refractivity contribution in [1.29, 1.82) is 0 Å². The van der Waals surface area contributed by atoms with Crippen LogP contribution in [0.3, 0.4) is 0 Å². The molecule has 5 nitrogen and oxygen atoms in total. The van der Waals surface area contributed by atoms with Crippen molar-refractivity contribution in [1.82, 2.24) is 9.80 Å². The summed E-state index contributed by atoms with van der Waals surface area (Å²) in [6, 6.07) is 14.5. The van der Waals surface area contributed by atoms with Gasteiger partial charge in [0.05, 0.1) is 6.54 Å². The number of likely N-dealkylation sites (N-methyl/N-ethyl adjacent to an activating group) is 2. The first-order valence-electron chi connectivity index (χ1n) is 9.05. The molecule has 0 aromatic heterocycles. The second-order valence-electron chi connectivity index (χ2n) is 6.29. The van der Waals surface area contributed by atoms with E-state index in [0.29, 0.717) is 18.8 Å². The Bertz CT molecular complexity index is 746. The van der Waals surface area contributed by atoms with E-state index >= 15 is 0 Å². The maximum atomic E-state index is 13.0. The van der Waals surface area contributed by atoms with E-state index in [1.807, 2.05) is 44.2 Å². The molecule has 0 aliphatic carbocycles. The van der Waals surface area contributed by atoms with Crippen LogP contribution in [-0.4, -0.2) is 48.3 Å². The SMILES string of the molecule is CCN(CC)C(=O)[C@@H](c1ccccc1)N(C)CC(=O)Nc1ccc(F)cc1. The lowest BCUT2D eigenvalue weighted by atomic mass is 10.0. The third-order valence-corrected chi connectivity index (χ3v) is 4.39. The summed E-state index contributed by atoms with van der Waals surface area (Å²) in [6.45, 7) is 5.11. The average molecular weight is 371 g/mol. The number of nitrogens with one attached hydrogen (secondary N) is 1. The van der Waals surface area contributed by atoms with Gasteiger partial charge >= 0.3 is 0 Å². The number of hydrogen-bond acceptors (Lipinski definition) is 3. The van der Waals surface area contributed by atoms with E-state index < -0.39 is 6.04 Å². The number of rotatable bonds is 8. The molecule has 0 spiro atoms. The molecule has 2 aromatic carbocycles. The molecular weight excluding hydrogens is 345 g/mol. The van der Waals surface area contributed by atoms with Crippen LogP contribution in [0.25, 0.3) is 0 Å². The highest BCUT2D eigenvalue weighted by atomic mass is 19.1. The first kappa shape index (κ1) is 20.6. The van der Waals surface area contributed by atoms with E-state index in [4.69, 9.17) is 0 Å². The molecule has 0 heterocycles. The molecule has 2 aromatic rings. The van der Waals surface area contributed by atoms with Gasteiger partial charge in [-0.05, 0) is 50.7 Å². The molecule has 1 atom stereocenters. The van der Waals surface area contributed by atoms with Crippen molar-refractivity contribution >= 4 is 17.5 Å². The summed E-state index contributed by atoms with van der Waals surface area (Å²) in [4.78, 5) is 28.9. The van der Waals surface area contributed by atoms with Crippen LogP contribution in [0.4, 0.5) is 10.1 Å². The molecule has 144 valence electrons. The predicted molar refractivity (Wildman–Crippen MR) is 105 cm³/mol. The summed E-state index contributed by atoms with van der Waals surface area (Å²) in [5.41, 5.74) is 1.35. The van der Waals surface area contributed by atoms with Gasteiger partial charge in [0.1, 0.15) is 11.9 Å². The molecule has 0 aliphatic rings. The number of benzene rings is 2. The molecule has 1 N–H and O–H groups in total. The van der Waals surface area contributed by atoms with E-state index in [0.717, 1.165) is 5.56 Å². The van der Waals surface area contributed by atoms with Gasteiger partial charge in [0, 0.05) is 18.8 Å². The van der Waals surface area contributed by atoms with Crippen molar-refractivity contribution in [3.05, 3.63) is 66.0 Å². The second kappa shape index (κ2) is 9.83. The molecule has 0 saturated carbocycles. The highest BCUT2D eigenvalue weighted by Crippen LogP contribution is 2.22. The Hall–Kier alpha value is -2.73. The minimum Gasteiger partial charge on any atom is -0.342 e. The lowest BCUT2D eigenvalue weighted by Crippen LogP contribution is -2.44. The molecule has 27 heavy (non-hydrogen) atoms. The van der Waals surface area contributed by atoms with Crippen LogP contribution >= 0.6 is 0 Å². The van der Waals surface area contributed by atoms with Crippen LogP contribution in [0.2, 0.25) is 0 Å². The van der Waals surface area contributed by atoms with Crippen LogP contribution in [0, 0.1) is 5.82 Å². The van der Waals surface area contributed by atoms with E-state index in [1.165, 1.54) is 24.3 Å². The Balaban J connectivity index is 2.15. The van der Waals surface area contributed by atoms with Crippen LogP contribution in [0.15, 0.2) is 54.6 Å². The molecule has 6 heteroatoms. The average Bonchev–Trinajstić information content (AvgIpc) is 2.65. The zero-order valence-corrected chi connectivity index (χ0v) is 16.0. The molecule has 0 unspecified atom stereocenters. The van der Waals surface area contributed by atoms with E-state index in [1.54, 1.807) is 16.8 Å². The minimum atomic E-state index is -0.551. The quantitative estimate of drug-likeness (QED) is 0.775. The van der Waals surface area contributed by atoms with E-state index in [9.17, 15) is 14.0 Å². The Kier molecular flexibility index (Phi) is 7.49. The van der Waals surface area contributed by atoms with E-state index in [2.05, 4.69) is 5.32 Å². The maximum Gasteiger partial charge on any atom is 0.244 e. The number of nitrogens with zero attached hydrogens (tertiary/aromatic N) is 2. The fraction of sp³-hybridized carbons (Fsp3) is 0.333. The van der Waals surface area contributed by atoms with Crippen molar-refractivity contribution in [2.45, 2.75) is 19.9 Å². The molecule has 2 rings (SSSR count). The smallest absolute Gasteiger partial charge is 0.244 e. The summed E-state index contributed by atoms with van der Waals surface area (Å²) < 4.78 is 13.0. The predicted octanol–water partition coefficient (Wildman–Crippen LogP) is 3.31. The van der Waals surface area contributed by atoms with Crippen molar-refractivity contribution in [2.24, 2.45) is 0 Å². The fourth-order valence-corrected chi connectivity index (χ4v) is 2.98. The number of halogens is 1. The normalized spacial score (nSPS) is 11.9. The Labute approximate surface area is 159 Å². The summed E-state index contributed by atoms with van der Waals surface area (Å²) in [6.07, 6.45) is 0. The zero-order chi connectivity index (χ0) is 19.8. The van der Waals surface area contributed by atoms with Gasteiger partial charge < -0.3 is 10.2 Å². The van der Waals surface area contributed by atoms with Gasteiger partial charge in [-0.15, -0.1) is 0 Å². The summed E-state index contributed by atoms with van der Waals surface area (Å²) >= 11 is 0. The third kappa shape index (κ3) is 5.62. The monoisotopic (exact) mass is 371 g/mol. The second-order valence-corrected chi connectivity index (χ2v) is 6.29. The molecule has 0 bridgehead atoms. The fourth-order valence-electron chi connectivity index (χ4n) is 2.98. The molecule has 0 radical (unpaired) electrons. The zero-order valence-electron chi connectivity index (χ0n) is 16.0. The molecule has 0 saturated heterocycles. The first-order chi connectivity index (χ1) is 13.0. The van der Waals surface area contributed by atoms with Crippen molar-refractivity contribution in [3.63, 3.8) is 0 Å². The lowest BCUT2D eigenvalue weighted by Gasteiger charge is -2.31. The van der Waals surface area contributed by atoms with Gasteiger partial charge in [-0.1, -0.05) is 30.3 Å². The number of anilines is 1. The van der Waals surface area contributed by atoms with Crippen molar-refractivity contribution in [3.8, 4) is 0 Å². The number of hydrogen-bond donors (Lipinski definition) is 1. The van der Waals surface area contributed by atoms with E-state index in [-0.39, 0.29) is 24.2 Å². The van der Waals surface area contributed by atoms with Gasteiger partial charge in [-0.3, -0.25) is 14.5 Å². The van der Waals surface area contributed by atoms with Gasteiger partial charge in [0.2, 0.25) is 11.8 Å². The Morgan fingerprint density at radius 2 is 1.59 bits per heavy atom. The van der Waals surface area contributed by atoms with Gasteiger partial charge in [0.15, 0.2) is 0 Å². The molecular formula is C21H26FN3O2. The van der Waals surface area contributed by atoms with Gasteiger partial charge in [0.25, 0.3) is 0 Å². The standard InChI is InChI=1S/C21H26FN3O2/c1-4-25(5-2)21(27)20(16-9-7-6-8-10-16)24(3)15-19(26)23-18-13-11-17(22)12-14-18/h6-14,20H,4-5,15H2,1-3H3,(H,23,26)/t20-/m1/s1. The summed E-state index contributed by atoms with van der Waals surface area (Å²) in [5, 5.41) is 2.73.